The summed E-state index contributed by atoms with van der Waals surface area (Å²) in [5.41, 5.74) is 1.56. The third-order valence-corrected chi connectivity index (χ3v) is 3.54. The second-order valence-electron chi connectivity index (χ2n) is 5.39. The van der Waals surface area contributed by atoms with Crippen molar-refractivity contribution in [1.29, 1.82) is 0 Å². The molecule has 2 aromatic rings. The van der Waals surface area contributed by atoms with E-state index in [0.29, 0.717) is 11.3 Å². The first-order chi connectivity index (χ1) is 11.5. The van der Waals surface area contributed by atoms with Gasteiger partial charge in [-0.1, -0.05) is 24.3 Å². The van der Waals surface area contributed by atoms with Crippen molar-refractivity contribution in [3.8, 4) is 5.75 Å². The summed E-state index contributed by atoms with van der Waals surface area (Å²) < 4.78 is 0. The van der Waals surface area contributed by atoms with Crippen LogP contribution in [0.25, 0.3) is 6.08 Å². The van der Waals surface area contributed by atoms with Crippen LogP contribution in [0.5, 0.6) is 5.75 Å². The van der Waals surface area contributed by atoms with E-state index in [9.17, 15) is 19.5 Å². The third-order valence-electron chi connectivity index (χ3n) is 3.54. The van der Waals surface area contributed by atoms with Crippen molar-refractivity contribution in [2.75, 3.05) is 4.90 Å². The van der Waals surface area contributed by atoms with E-state index < -0.39 is 17.8 Å². The predicted molar refractivity (Wildman–Crippen MR) is 88.3 cm³/mol. The topological polar surface area (TPSA) is 86.7 Å². The Morgan fingerprint density at radius 3 is 2.50 bits per heavy atom. The Morgan fingerprint density at radius 2 is 1.79 bits per heavy atom. The number of hydrogen-bond donors (Lipinski definition) is 2. The van der Waals surface area contributed by atoms with Gasteiger partial charge in [0.25, 0.3) is 11.8 Å². The molecule has 24 heavy (non-hydrogen) atoms. The highest BCUT2D eigenvalue weighted by molar-refractivity contribution is 6.39. The minimum atomic E-state index is -0.788. The fourth-order valence-corrected chi connectivity index (χ4v) is 2.44. The molecular formula is C18H14N2O4. The molecule has 1 saturated heterocycles. The molecule has 3 rings (SSSR count). The van der Waals surface area contributed by atoms with Crippen molar-refractivity contribution in [2.24, 2.45) is 0 Å². The van der Waals surface area contributed by atoms with Crippen LogP contribution in [0.4, 0.5) is 10.5 Å². The molecule has 0 spiro atoms. The summed E-state index contributed by atoms with van der Waals surface area (Å²) in [6, 6.07) is 12.2. The summed E-state index contributed by atoms with van der Waals surface area (Å²) in [6.45, 7) is 1.84. The number of barbiturate groups is 1. The summed E-state index contributed by atoms with van der Waals surface area (Å²) in [5.74, 6) is -1.46. The van der Waals surface area contributed by atoms with E-state index in [2.05, 4.69) is 5.32 Å². The van der Waals surface area contributed by atoms with E-state index in [-0.39, 0.29) is 11.3 Å². The largest absolute Gasteiger partial charge is 0.508 e. The van der Waals surface area contributed by atoms with Gasteiger partial charge < -0.3 is 5.11 Å². The molecule has 6 heteroatoms. The van der Waals surface area contributed by atoms with Gasteiger partial charge in [0.05, 0.1) is 5.69 Å². The first-order valence-electron chi connectivity index (χ1n) is 7.23. The molecule has 0 saturated carbocycles. The normalized spacial score (nSPS) is 16.5. The lowest BCUT2D eigenvalue weighted by atomic mass is 10.1. The summed E-state index contributed by atoms with van der Waals surface area (Å²) >= 11 is 0. The Kier molecular flexibility index (Phi) is 3.87. The molecule has 0 unspecified atom stereocenters. The SMILES string of the molecule is Cc1cccc(N2C(=O)NC(=O)C(=Cc3cccc(O)c3)C2=O)c1. The van der Waals surface area contributed by atoms with Gasteiger partial charge in [0.15, 0.2) is 0 Å². The lowest BCUT2D eigenvalue weighted by Gasteiger charge is -2.26. The van der Waals surface area contributed by atoms with Crippen molar-refractivity contribution >= 4 is 29.6 Å². The number of aromatic hydroxyl groups is 1. The van der Waals surface area contributed by atoms with Crippen LogP contribution in [0.3, 0.4) is 0 Å². The molecule has 2 N–H and O–H groups in total. The maximum atomic E-state index is 12.7. The monoisotopic (exact) mass is 322 g/mol. The second kappa shape index (κ2) is 6.00. The Hall–Kier alpha value is -3.41. The van der Waals surface area contributed by atoms with Gasteiger partial charge >= 0.3 is 6.03 Å². The van der Waals surface area contributed by atoms with Gasteiger partial charge in [-0.15, -0.1) is 0 Å². The molecule has 1 fully saturated rings. The molecular weight excluding hydrogens is 308 g/mol. The quantitative estimate of drug-likeness (QED) is 0.656. The lowest BCUT2D eigenvalue weighted by Crippen LogP contribution is -2.54. The summed E-state index contributed by atoms with van der Waals surface area (Å²) in [5, 5.41) is 11.7. The van der Waals surface area contributed by atoms with Crippen LogP contribution in [-0.4, -0.2) is 23.0 Å². The number of urea groups is 1. The second-order valence-corrected chi connectivity index (χ2v) is 5.39. The van der Waals surface area contributed by atoms with E-state index in [1.165, 1.54) is 18.2 Å². The van der Waals surface area contributed by atoms with Crippen LogP contribution in [0.2, 0.25) is 0 Å². The Labute approximate surface area is 138 Å². The number of anilines is 1. The van der Waals surface area contributed by atoms with Crippen LogP contribution in [0, 0.1) is 6.92 Å². The van der Waals surface area contributed by atoms with Crippen LogP contribution in [0.1, 0.15) is 11.1 Å². The Morgan fingerprint density at radius 1 is 1.04 bits per heavy atom. The van der Waals surface area contributed by atoms with E-state index in [0.717, 1.165) is 10.5 Å². The molecule has 0 atom stereocenters. The highest BCUT2D eigenvalue weighted by Gasteiger charge is 2.36. The van der Waals surface area contributed by atoms with Crippen molar-refractivity contribution in [1.82, 2.24) is 5.32 Å². The van der Waals surface area contributed by atoms with Gasteiger partial charge in [-0.2, -0.15) is 0 Å². The first-order valence-corrected chi connectivity index (χ1v) is 7.23. The van der Waals surface area contributed by atoms with Crippen molar-refractivity contribution in [2.45, 2.75) is 6.92 Å². The number of aryl methyl sites for hydroxylation is 1. The van der Waals surface area contributed by atoms with Gasteiger partial charge in [0.2, 0.25) is 0 Å². The van der Waals surface area contributed by atoms with Gasteiger partial charge in [-0.3, -0.25) is 14.9 Å². The molecule has 4 amide bonds. The molecule has 2 aromatic carbocycles. The molecule has 120 valence electrons. The summed E-state index contributed by atoms with van der Waals surface area (Å²) in [6.07, 6.45) is 1.34. The number of carbonyl (C=O) groups is 3. The number of benzene rings is 2. The minimum Gasteiger partial charge on any atom is -0.508 e. The fourth-order valence-electron chi connectivity index (χ4n) is 2.44. The molecule has 0 aliphatic carbocycles. The van der Waals surface area contributed by atoms with Crippen LogP contribution in [0.15, 0.2) is 54.1 Å². The molecule has 0 bridgehead atoms. The number of phenolic OH excluding ortho intramolecular Hbond substituents is 1. The van der Waals surface area contributed by atoms with E-state index in [1.54, 1.807) is 30.3 Å². The molecule has 0 radical (unpaired) electrons. The smallest absolute Gasteiger partial charge is 0.335 e. The maximum absolute atomic E-state index is 12.7. The number of carbonyl (C=O) groups excluding carboxylic acids is 3. The average molecular weight is 322 g/mol. The summed E-state index contributed by atoms with van der Waals surface area (Å²) in [7, 11) is 0. The number of amides is 4. The zero-order chi connectivity index (χ0) is 17.3. The van der Waals surface area contributed by atoms with Crippen LogP contribution < -0.4 is 10.2 Å². The van der Waals surface area contributed by atoms with Gasteiger partial charge in [0, 0.05) is 0 Å². The van der Waals surface area contributed by atoms with E-state index >= 15 is 0 Å². The number of hydrogen-bond acceptors (Lipinski definition) is 4. The average Bonchev–Trinajstić information content (AvgIpc) is 2.51. The van der Waals surface area contributed by atoms with Crippen LogP contribution in [-0.2, 0) is 9.59 Å². The van der Waals surface area contributed by atoms with Gasteiger partial charge in [-0.25, -0.2) is 9.69 Å². The van der Waals surface area contributed by atoms with E-state index in [4.69, 9.17) is 0 Å². The number of nitrogens with one attached hydrogen (secondary N) is 1. The first kappa shape index (κ1) is 15.5. The molecule has 1 heterocycles. The molecule has 6 nitrogen and oxygen atoms in total. The lowest BCUT2D eigenvalue weighted by molar-refractivity contribution is -0.122. The van der Waals surface area contributed by atoms with Crippen LogP contribution >= 0.6 is 0 Å². The molecule has 1 aliphatic heterocycles. The molecule has 0 aromatic heterocycles. The number of imide groups is 2. The predicted octanol–water partition coefficient (Wildman–Crippen LogP) is 2.37. The summed E-state index contributed by atoms with van der Waals surface area (Å²) in [4.78, 5) is 37.7. The zero-order valence-corrected chi connectivity index (χ0v) is 12.8. The number of phenols is 1. The van der Waals surface area contributed by atoms with Gasteiger partial charge in [0.1, 0.15) is 11.3 Å². The highest BCUT2D eigenvalue weighted by atomic mass is 16.3. The van der Waals surface area contributed by atoms with Crippen molar-refractivity contribution < 1.29 is 19.5 Å². The highest BCUT2D eigenvalue weighted by Crippen LogP contribution is 2.23. The Balaban J connectivity index is 2.03. The number of nitrogens with zero attached hydrogens (tertiary/aromatic N) is 1. The maximum Gasteiger partial charge on any atom is 0.335 e. The van der Waals surface area contributed by atoms with Gasteiger partial charge in [-0.05, 0) is 48.4 Å². The molecule has 1 aliphatic rings. The standard InChI is InChI=1S/C18H14N2O4/c1-11-4-2-6-13(8-11)20-17(23)15(16(22)19-18(20)24)10-12-5-3-7-14(21)9-12/h2-10,21H,1H3,(H,19,22,24). The number of rotatable bonds is 2. The van der Waals surface area contributed by atoms with Crippen molar-refractivity contribution in [3.63, 3.8) is 0 Å². The third kappa shape index (κ3) is 2.89. The van der Waals surface area contributed by atoms with Crippen molar-refractivity contribution in [3.05, 3.63) is 65.2 Å². The van der Waals surface area contributed by atoms with E-state index in [1.807, 2.05) is 13.0 Å². The fraction of sp³-hybridized carbons (Fsp3) is 0.0556. The minimum absolute atomic E-state index is 0.0135. The Bertz CT molecular complexity index is 886. The zero-order valence-electron chi connectivity index (χ0n) is 12.8.